The molecule has 3 aliphatic rings. The molecule has 1 heterocycles. The van der Waals surface area contributed by atoms with Crippen LogP contribution in [0, 0.1) is 23.2 Å². The minimum Gasteiger partial charge on any atom is -0.459 e. The lowest BCUT2D eigenvalue weighted by molar-refractivity contribution is -0.139. The molecule has 0 N–H and O–H groups in total. The van der Waals surface area contributed by atoms with Gasteiger partial charge in [-0.25, -0.2) is 4.79 Å². The minimum absolute atomic E-state index is 0.0624. The summed E-state index contributed by atoms with van der Waals surface area (Å²) >= 11 is 3.58. The van der Waals surface area contributed by atoms with Gasteiger partial charge < -0.3 is 4.74 Å². The number of ether oxygens (including phenoxy) is 1. The topological polar surface area (TPSA) is 26.3 Å². The highest BCUT2D eigenvalue weighted by Gasteiger charge is 2.51. The van der Waals surface area contributed by atoms with Gasteiger partial charge in [0, 0.05) is 12.0 Å². The van der Waals surface area contributed by atoms with Gasteiger partial charge in [0.05, 0.1) is 0 Å². The summed E-state index contributed by atoms with van der Waals surface area (Å²) in [5.41, 5.74) is 2.69. The molecule has 1 saturated heterocycles. The van der Waals surface area contributed by atoms with Crippen molar-refractivity contribution in [3.05, 3.63) is 22.7 Å². The quantitative estimate of drug-likeness (QED) is 0.495. The molecular formula is C19H27BrO2. The summed E-state index contributed by atoms with van der Waals surface area (Å²) in [5, 5.41) is 0. The Morgan fingerprint density at radius 3 is 2.91 bits per heavy atom. The lowest BCUT2D eigenvalue weighted by atomic mass is 9.61. The van der Waals surface area contributed by atoms with E-state index in [1.54, 1.807) is 5.57 Å². The van der Waals surface area contributed by atoms with Crippen molar-refractivity contribution in [3.63, 3.8) is 0 Å². The third kappa shape index (κ3) is 2.70. The Morgan fingerprint density at radius 2 is 2.27 bits per heavy atom. The van der Waals surface area contributed by atoms with Gasteiger partial charge in [-0.3, -0.25) is 0 Å². The van der Waals surface area contributed by atoms with Gasteiger partial charge in [-0.15, -0.1) is 0 Å². The Kier molecular flexibility index (Phi) is 4.55. The molecule has 0 radical (unpaired) electrons. The first-order chi connectivity index (χ1) is 10.5. The lowest BCUT2D eigenvalue weighted by Crippen LogP contribution is -2.36. The molecule has 0 aromatic heterocycles. The minimum atomic E-state index is -0.185. The molecular weight excluding hydrogens is 340 g/mol. The number of esters is 1. The molecule has 3 fully saturated rings. The van der Waals surface area contributed by atoms with Crippen molar-refractivity contribution in [1.29, 1.82) is 0 Å². The second-order valence-corrected chi connectivity index (χ2v) is 8.29. The van der Waals surface area contributed by atoms with Crippen molar-refractivity contribution in [2.24, 2.45) is 23.2 Å². The average Bonchev–Trinajstić information content (AvgIpc) is 2.98. The maximum Gasteiger partial charge on any atom is 0.333 e. The summed E-state index contributed by atoms with van der Waals surface area (Å²) in [5.74, 6) is 1.91. The molecule has 3 rings (SSSR count). The molecule has 0 aromatic rings. The van der Waals surface area contributed by atoms with Crippen LogP contribution < -0.4 is 0 Å². The average molecular weight is 367 g/mol. The van der Waals surface area contributed by atoms with E-state index >= 15 is 0 Å². The smallest absolute Gasteiger partial charge is 0.333 e. The number of cyclic esters (lactones) is 1. The van der Waals surface area contributed by atoms with Crippen molar-refractivity contribution in [2.75, 3.05) is 0 Å². The van der Waals surface area contributed by atoms with E-state index in [-0.39, 0.29) is 12.1 Å². The predicted molar refractivity (Wildman–Crippen MR) is 92.6 cm³/mol. The number of allylic oxidation sites excluding steroid dienone is 1. The van der Waals surface area contributed by atoms with Crippen LogP contribution in [0.2, 0.25) is 0 Å². The van der Waals surface area contributed by atoms with E-state index in [9.17, 15) is 4.79 Å². The summed E-state index contributed by atoms with van der Waals surface area (Å²) in [7, 11) is 0. The molecule has 2 saturated carbocycles. The fourth-order valence-electron chi connectivity index (χ4n) is 5.49. The molecule has 2 aliphatic carbocycles. The van der Waals surface area contributed by atoms with Gasteiger partial charge in [0.15, 0.2) is 0 Å². The van der Waals surface area contributed by atoms with E-state index in [0.717, 1.165) is 24.7 Å². The van der Waals surface area contributed by atoms with Gasteiger partial charge in [-0.2, -0.15) is 0 Å². The molecule has 1 aliphatic heterocycles. The number of carbonyl (C=O) groups excluding carboxylic acids is 1. The predicted octanol–water partition coefficient (Wildman–Crippen LogP) is 5.38. The molecule has 1 unspecified atom stereocenters. The first-order valence-corrected chi connectivity index (χ1v) is 9.55. The van der Waals surface area contributed by atoms with Gasteiger partial charge in [0.25, 0.3) is 0 Å². The molecule has 0 bridgehead atoms. The van der Waals surface area contributed by atoms with Crippen molar-refractivity contribution < 1.29 is 9.53 Å². The van der Waals surface area contributed by atoms with Crippen LogP contribution in [-0.4, -0.2) is 12.1 Å². The molecule has 3 heteroatoms. The molecule has 122 valence electrons. The Bertz CT molecular complexity index is 494. The zero-order valence-electron chi connectivity index (χ0n) is 13.7. The molecule has 0 aromatic carbocycles. The maximum atomic E-state index is 11.5. The van der Waals surface area contributed by atoms with Crippen molar-refractivity contribution in [2.45, 2.75) is 64.9 Å². The van der Waals surface area contributed by atoms with E-state index < -0.39 is 0 Å². The van der Waals surface area contributed by atoms with Crippen LogP contribution >= 0.6 is 15.9 Å². The van der Waals surface area contributed by atoms with Crippen LogP contribution in [0.15, 0.2) is 22.7 Å². The zero-order chi connectivity index (χ0) is 15.9. The number of hydrogen-bond acceptors (Lipinski definition) is 2. The number of halogens is 1. The largest absolute Gasteiger partial charge is 0.459 e. The van der Waals surface area contributed by atoms with Crippen LogP contribution in [0.3, 0.4) is 0 Å². The van der Waals surface area contributed by atoms with Gasteiger partial charge >= 0.3 is 5.97 Å². The number of rotatable bonds is 3. The maximum absolute atomic E-state index is 11.5. The van der Waals surface area contributed by atoms with Crippen LogP contribution in [0.4, 0.5) is 0 Å². The van der Waals surface area contributed by atoms with Gasteiger partial charge in [-0.05, 0) is 66.7 Å². The molecule has 22 heavy (non-hydrogen) atoms. The van der Waals surface area contributed by atoms with Crippen molar-refractivity contribution in [1.82, 2.24) is 0 Å². The number of carbonyl (C=O) groups is 1. The first-order valence-electron chi connectivity index (χ1n) is 8.63. The first kappa shape index (κ1) is 16.3. The highest BCUT2D eigenvalue weighted by Crippen LogP contribution is 2.60. The monoisotopic (exact) mass is 366 g/mol. The Labute approximate surface area is 142 Å². The zero-order valence-corrected chi connectivity index (χ0v) is 15.3. The van der Waals surface area contributed by atoms with Crippen LogP contribution in [0.25, 0.3) is 0 Å². The third-order valence-corrected chi connectivity index (χ3v) is 7.12. The molecule has 2 nitrogen and oxygen atoms in total. The van der Waals surface area contributed by atoms with E-state index in [0.29, 0.717) is 16.9 Å². The van der Waals surface area contributed by atoms with Gasteiger partial charge in [-0.1, -0.05) is 41.9 Å². The Hall–Kier alpha value is -0.570. The summed E-state index contributed by atoms with van der Waals surface area (Å²) in [6, 6.07) is 0. The molecule has 5 atom stereocenters. The second kappa shape index (κ2) is 6.14. The third-order valence-electron chi connectivity index (χ3n) is 6.54. The van der Waals surface area contributed by atoms with E-state index in [1.807, 2.05) is 0 Å². The SMILES string of the molecule is C=C1C[C@H](C[C@@H](C)[C@H]2CCC3C(=CBr)CCC[C@]32C)OC1=O. The van der Waals surface area contributed by atoms with Crippen LogP contribution in [-0.2, 0) is 9.53 Å². The molecule has 0 spiro atoms. The standard InChI is InChI=1S/C19H27BrO2/c1-12(9-15-10-13(2)18(21)22-15)16-6-7-17-14(11-20)5-4-8-19(16,17)3/h11-12,15-17H,2,4-10H2,1,3H3/t12-,15+,16-,17?,19+/m1/s1. The Balaban J connectivity index is 1.69. The van der Waals surface area contributed by atoms with Crippen molar-refractivity contribution in [3.8, 4) is 0 Å². The lowest BCUT2D eigenvalue weighted by Gasteiger charge is -2.44. The summed E-state index contributed by atoms with van der Waals surface area (Å²) in [6.45, 7) is 8.66. The number of fused-ring (bicyclic) bond motifs is 1. The fraction of sp³-hybridized carbons (Fsp3) is 0.737. The Morgan fingerprint density at radius 1 is 1.50 bits per heavy atom. The van der Waals surface area contributed by atoms with Crippen molar-refractivity contribution >= 4 is 21.9 Å². The second-order valence-electron chi connectivity index (χ2n) is 7.83. The van der Waals surface area contributed by atoms with Gasteiger partial charge in [0.1, 0.15) is 6.10 Å². The highest BCUT2D eigenvalue weighted by atomic mass is 79.9. The summed E-state index contributed by atoms with van der Waals surface area (Å²) in [4.78, 5) is 13.7. The summed E-state index contributed by atoms with van der Waals surface area (Å²) in [6.07, 6.45) is 8.32. The fourth-order valence-corrected chi connectivity index (χ4v) is 6.04. The van der Waals surface area contributed by atoms with Crippen LogP contribution in [0.5, 0.6) is 0 Å². The molecule has 0 amide bonds. The number of hydrogen-bond donors (Lipinski definition) is 0. The summed E-state index contributed by atoms with van der Waals surface area (Å²) < 4.78 is 5.46. The van der Waals surface area contributed by atoms with Gasteiger partial charge in [0.2, 0.25) is 0 Å². The van der Waals surface area contributed by atoms with E-state index in [2.05, 4.69) is 41.3 Å². The van der Waals surface area contributed by atoms with Crippen LogP contribution in [0.1, 0.15) is 58.8 Å². The normalized spacial score (nSPS) is 41.6. The van der Waals surface area contributed by atoms with E-state index in [1.165, 1.54) is 32.1 Å². The highest BCUT2D eigenvalue weighted by molar-refractivity contribution is 9.11. The van der Waals surface area contributed by atoms with E-state index in [4.69, 9.17) is 4.74 Å².